The van der Waals surface area contributed by atoms with Gasteiger partial charge in [0.1, 0.15) is 5.75 Å². The van der Waals surface area contributed by atoms with Crippen LogP contribution >= 0.6 is 15.9 Å². The third-order valence-corrected chi connectivity index (χ3v) is 3.08. The second kappa shape index (κ2) is 5.34. The van der Waals surface area contributed by atoms with E-state index in [0.717, 1.165) is 21.3 Å². The molecule has 0 aliphatic heterocycles. The van der Waals surface area contributed by atoms with Crippen molar-refractivity contribution in [1.29, 1.82) is 0 Å². The Morgan fingerprint density at radius 2 is 2.07 bits per heavy atom. The van der Waals surface area contributed by atoms with Gasteiger partial charge in [0.05, 0.1) is 14.2 Å². The number of methoxy groups -OCH3 is 1. The Balaban J connectivity index is 2.95. The predicted octanol–water partition coefficient (Wildman–Crippen LogP) is 2.42. The average molecular weight is 260 g/mol. The molecule has 1 rings (SSSR count). The minimum Gasteiger partial charge on any atom is -0.497 e. The van der Waals surface area contributed by atoms with Crippen LogP contribution in [0.3, 0.4) is 0 Å². The fourth-order valence-electron chi connectivity index (χ4n) is 1.20. The number of benzene rings is 1. The molecule has 0 aromatic heterocycles. The van der Waals surface area contributed by atoms with E-state index >= 15 is 0 Å². The monoisotopic (exact) mass is 259 g/mol. The molecule has 1 aromatic carbocycles. The van der Waals surface area contributed by atoms with Crippen LogP contribution in [0, 0.1) is 6.92 Å². The van der Waals surface area contributed by atoms with Crippen molar-refractivity contribution in [2.24, 2.45) is 0 Å². The number of halogens is 1. The van der Waals surface area contributed by atoms with Gasteiger partial charge >= 0.3 is 0 Å². The Morgan fingerprint density at radius 1 is 1.36 bits per heavy atom. The fourth-order valence-corrected chi connectivity index (χ4v) is 1.57. The summed E-state index contributed by atoms with van der Waals surface area (Å²) in [7, 11) is 3.26. The van der Waals surface area contributed by atoms with Gasteiger partial charge in [-0.25, -0.2) is 0 Å². The summed E-state index contributed by atoms with van der Waals surface area (Å²) in [5.41, 5.74) is 5.06. The highest BCUT2D eigenvalue weighted by atomic mass is 79.9. The molecule has 0 radical (unpaired) electrons. The molecule has 4 heteroatoms. The maximum Gasteiger partial charge on any atom is 0.119 e. The number of hydroxylamine groups is 1. The molecule has 14 heavy (non-hydrogen) atoms. The maximum absolute atomic E-state index is 5.18. The van der Waals surface area contributed by atoms with Crippen molar-refractivity contribution in [3.8, 4) is 5.75 Å². The van der Waals surface area contributed by atoms with Crippen LogP contribution in [0.2, 0.25) is 0 Å². The normalized spacial score (nSPS) is 10.3. The highest BCUT2D eigenvalue weighted by Gasteiger charge is 2.05. The van der Waals surface area contributed by atoms with Crippen LogP contribution < -0.4 is 10.2 Å². The second-order valence-electron chi connectivity index (χ2n) is 2.94. The van der Waals surface area contributed by atoms with Crippen molar-refractivity contribution in [2.75, 3.05) is 14.2 Å². The van der Waals surface area contributed by atoms with E-state index in [1.807, 2.05) is 19.1 Å². The molecule has 1 aromatic rings. The van der Waals surface area contributed by atoms with Gasteiger partial charge in [0.2, 0.25) is 0 Å². The number of rotatable bonds is 4. The molecule has 3 nitrogen and oxygen atoms in total. The molecule has 0 aliphatic carbocycles. The maximum atomic E-state index is 5.18. The molecular weight excluding hydrogens is 246 g/mol. The fraction of sp³-hybridized carbons (Fsp3) is 0.400. The molecule has 0 bridgehead atoms. The minimum atomic E-state index is 0.648. The summed E-state index contributed by atoms with van der Waals surface area (Å²) in [6.45, 7) is 2.68. The van der Waals surface area contributed by atoms with Gasteiger partial charge in [-0.15, -0.1) is 0 Å². The third-order valence-electron chi connectivity index (χ3n) is 1.95. The van der Waals surface area contributed by atoms with E-state index in [2.05, 4.69) is 21.4 Å². The lowest BCUT2D eigenvalue weighted by molar-refractivity contribution is 0.0865. The summed E-state index contributed by atoms with van der Waals surface area (Å²) >= 11 is 3.52. The van der Waals surface area contributed by atoms with E-state index in [-0.39, 0.29) is 0 Å². The Kier molecular flexibility index (Phi) is 4.38. The molecular formula is C10H14BrNO2. The molecule has 0 saturated carbocycles. The average Bonchev–Trinajstić information content (AvgIpc) is 2.20. The smallest absolute Gasteiger partial charge is 0.119 e. The van der Waals surface area contributed by atoms with Gasteiger partial charge in [0.15, 0.2) is 0 Å². The van der Waals surface area contributed by atoms with Crippen LogP contribution in [-0.4, -0.2) is 14.2 Å². The van der Waals surface area contributed by atoms with Gasteiger partial charge in [0.25, 0.3) is 0 Å². The van der Waals surface area contributed by atoms with Crippen LogP contribution in [0.1, 0.15) is 11.1 Å². The topological polar surface area (TPSA) is 30.5 Å². The van der Waals surface area contributed by atoms with Crippen LogP contribution in [0.4, 0.5) is 0 Å². The number of nitrogens with one attached hydrogen (secondary N) is 1. The molecule has 0 heterocycles. The largest absolute Gasteiger partial charge is 0.497 e. The van der Waals surface area contributed by atoms with Gasteiger partial charge in [-0.1, -0.05) is 15.9 Å². The van der Waals surface area contributed by atoms with Gasteiger partial charge < -0.3 is 9.57 Å². The molecule has 0 fully saturated rings. The Hall–Kier alpha value is -0.580. The first kappa shape index (κ1) is 11.5. The Labute approximate surface area is 92.5 Å². The van der Waals surface area contributed by atoms with Gasteiger partial charge in [-0.05, 0) is 30.2 Å². The van der Waals surface area contributed by atoms with Crippen molar-refractivity contribution < 1.29 is 9.57 Å². The molecule has 0 unspecified atom stereocenters. The third kappa shape index (κ3) is 2.70. The van der Waals surface area contributed by atoms with Crippen molar-refractivity contribution in [1.82, 2.24) is 5.48 Å². The summed E-state index contributed by atoms with van der Waals surface area (Å²) in [6.07, 6.45) is 0. The van der Waals surface area contributed by atoms with Crippen molar-refractivity contribution in [3.63, 3.8) is 0 Å². The minimum absolute atomic E-state index is 0.648. The first-order valence-corrected chi connectivity index (χ1v) is 5.07. The molecule has 0 amide bonds. The highest BCUT2D eigenvalue weighted by molar-refractivity contribution is 9.10. The zero-order valence-corrected chi connectivity index (χ0v) is 10.1. The van der Waals surface area contributed by atoms with E-state index in [1.165, 1.54) is 0 Å². The lowest BCUT2D eigenvalue weighted by atomic mass is 10.1. The summed E-state index contributed by atoms with van der Waals surface area (Å²) in [6, 6.07) is 3.96. The van der Waals surface area contributed by atoms with E-state index in [0.29, 0.717) is 6.54 Å². The van der Waals surface area contributed by atoms with Gasteiger partial charge in [-0.2, -0.15) is 5.48 Å². The zero-order valence-electron chi connectivity index (χ0n) is 8.56. The SMILES string of the molecule is CONCc1cc(OC)cc(C)c1Br. The first-order chi connectivity index (χ1) is 6.69. The highest BCUT2D eigenvalue weighted by Crippen LogP contribution is 2.26. The first-order valence-electron chi connectivity index (χ1n) is 4.28. The molecule has 1 N–H and O–H groups in total. The number of ether oxygens (including phenoxy) is 1. The number of hydrogen-bond acceptors (Lipinski definition) is 3. The van der Waals surface area contributed by atoms with Crippen LogP contribution in [0.15, 0.2) is 16.6 Å². The summed E-state index contributed by atoms with van der Waals surface area (Å²) in [5, 5.41) is 0. The lowest BCUT2D eigenvalue weighted by Crippen LogP contribution is -2.11. The lowest BCUT2D eigenvalue weighted by Gasteiger charge is -2.10. The van der Waals surface area contributed by atoms with Crippen molar-refractivity contribution in [3.05, 3.63) is 27.7 Å². The molecule has 0 atom stereocenters. The van der Waals surface area contributed by atoms with E-state index in [9.17, 15) is 0 Å². The van der Waals surface area contributed by atoms with Crippen molar-refractivity contribution in [2.45, 2.75) is 13.5 Å². The summed E-state index contributed by atoms with van der Waals surface area (Å²) < 4.78 is 6.27. The summed E-state index contributed by atoms with van der Waals surface area (Å²) in [4.78, 5) is 4.80. The molecule has 78 valence electrons. The van der Waals surface area contributed by atoms with Crippen molar-refractivity contribution >= 4 is 15.9 Å². The van der Waals surface area contributed by atoms with Crippen LogP contribution in [0.5, 0.6) is 5.75 Å². The van der Waals surface area contributed by atoms with E-state index in [4.69, 9.17) is 9.57 Å². The second-order valence-corrected chi connectivity index (χ2v) is 3.74. The molecule has 0 saturated heterocycles. The Bertz CT molecular complexity index is 315. The zero-order chi connectivity index (χ0) is 10.6. The number of hydrogen-bond donors (Lipinski definition) is 1. The Morgan fingerprint density at radius 3 is 2.64 bits per heavy atom. The standard InChI is InChI=1S/C10H14BrNO2/c1-7-4-9(13-2)5-8(10(7)11)6-12-14-3/h4-5,12H,6H2,1-3H3. The van der Waals surface area contributed by atoms with Crippen LogP contribution in [-0.2, 0) is 11.4 Å². The predicted molar refractivity (Wildman–Crippen MR) is 59.3 cm³/mol. The van der Waals surface area contributed by atoms with Gasteiger partial charge in [0, 0.05) is 11.0 Å². The quantitative estimate of drug-likeness (QED) is 0.843. The van der Waals surface area contributed by atoms with E-state index < -0.39 is 0 Å². The molecule has 0 aliphatic rings. The number of aryl methyl sites for hydroxylation is 1. The molecule has 0 spiro atoms. The summed E-state index contributed by atoms with van der Waals surface area (Å²) in [5.74, 6) is 0.860. The van der Waals surface area contributed by atoms with Crippen LogP contribution in [0.25, 0.3) is 0 Å². The van der Waals surface area contributed by atoms with E-state index in [1.54, 1.807) is 14.2 Å². The van der Waals surface area contributed by atoms with Gasteiger partial charge in [-0.3, -0.25) is 0 Å².